The summed E-state index contributed by atoms with van der Waals surface area (Å²) < 4.78 is 0. The number of carbonyl (C=O) groups is 1. The van der Waals surface area contributed by atoms with Crippen molar-refractivity contribution in [3.8, 4) is 0 Å². The monoisotopic (exact) mass is 351 g/mol. The third kappa shape index (κ3) is 2.86. The number of rotatable bonds is 4. The van der Waals surface area contributed by atoms with E-state index in [4.69, 9.17) is 5.73 Å². The number of ketones is 1. The van der Waals surface area contributed by atoms with Crippen molar-refractivity contribution in [1.82, 2.24) is 9.97 Å². The molecule has 24 heavy (non-hydrogen) atoms. The molecule has 0 aliphatic heterocycles. The molecule has 2 heterocycles. The molecule has 0 saturated heterocycles. The lowest BCUT2D eigenvalue weighted by Gasteiger charge is -2.04. The Labute approximate surface area is 146 Å². The molecule has 0 aliphatic rings. The molecule has 0 fully saturated rings. The van der Waals surface area contributed by atoms with E-state index in [1.165, 1.54) is 23.1 Å². The van der Waals surface area contributed by atoms with Gasteiger partial charge in [-0.2, -0.15) is 0 Å². The van der Waals surface area contributed by atoms with Crippen LogP contribution in [0.15, 0.2) is 59.1 Å². The molecule has 0 spiro atoms. The molecule has 0 saturated carbocycles. The first-order valence-electron chi connectivity index (χ1n) is 7.36. The van der Waals surface area contributed by atoms with Crippen LogP contribution in [0.3, 0.4) is 0 Å². The molecule has 0 aliphatic carbocycles. The minimum Gasteiger partial charge on any atom is -0.383 e. The zero-order valence-corrected chi connectivity index (χ0v) is 14.2. The van der Waals surface area contributed by atoms with Crippen LogP contribution in [0.4, 0.5) is 5.82 Å². The molecule has 0 amide bonds. The summed E-state index contributed by atoms with van der Waals surface area (Å²) in [5, 5.41) is 5.53. The number of thioether (sulfide) groups is 1. The van der Waals surface area contributed by atoms with Crippen LogP contribution in [-0.2, 0) is 0 Å². The SMILES string of the molecule is Nc1nc(SCC(=O)c2ccc3ccccc3c2)nc2sccc12. The summed E-state index contributed by atoms with van der Waals surface area (Å²) in [4.78, 5) is 22.0. The summed E-state index contributed by atoms with van der Waals surface area (Å²) in [6.45, 7) is 0. The minimum absolute atomic E-state index is 0.0548. The first-order valence-corrected chi connectivity index (χ1v) is 9.23. The third-order valence-corrected chi connectivity index (χ3v) is 5.39. The van der Waals surface area contributed by atoms with Gasteiger partial charge in [-0.1, -0.05) is 48.2 Å². The fourth-order valence-corrected chi connectivity index (χ4v) is 4.07. The van der Waals surface area contributed by atoms with Gasteiger partial charge in [0.05, 0.1) is 11.1 Å². The Morgan fingerprint density at radius 1 is 1.08 bits per heavy atom. The fraction of sp³-hybridized carbons (Fsp3) is 0.0556. The average molecular weight is 351 g/mol. The number of fused-ring (bicyclic) bond motifs is 2. The number of nitrogens with zero attached hydrogens (tertiary/aromatic N) is 2. The number of Topliss-reactive ketones (excluding diaryl/α,β-unsaturated/α-hetero) is 1. The van der Waals surface area contributed by atoms with E-state index in [1.807, 2.05) is 53.9 Å². The summed E-state index contributed by atoms with van der Waals surface area (Å²) in [6, 6.07) is 15.7. The number of carbonyl (C=O) groups excluding carboxylic acids is 1. The van der Waals surface area contributed by atoms with Gasteiger partial charge in [-0.25, -0.2) is 9.97 Å². The highest BCUT2D eigenvalue weighted by atomic mass is 32.2. The normalized spacial score (nSPS) is 11.2. The highest BCUT2D eigenvalue weighted by molar-refractivity contribution is 7.99. The van der Waals surface area contributed by atoms with Crippen molar-refractivity contribution in [2.75, 3.05) is 11.5 Å². The zero-order valence-electron chi connectivity index (χ0n) is 12.6. The maximum absolute atomic E-state index is 12.5. The Balaban J connectivity index is 1.54. The smallest absolute Gasteiger partial charge is 0.191 e. The van der Waals surface area contributed by atoms with Crippen LogP contribution in [0, 0.1) is 0 Å². The largest absolute Gasteiger partial charge is 0.383 e. The second kappa shape index (κ2) is 6.22. The van der Waals surface area contributed by atoms with Gasteiger partial charge in [0.25, 0.3) is 0 Å². The molecular weight excluding hydrogens is 338 g/mol. The molecular formula is C18H13N3OS2. The van der Waals surface area contributed by atoms with E-state index in [2.05, 4.69) is 9.97 Å². The van der Waals surface area contributed by atoms with Crippen LogP contribution in [-0.4, -0.2) is 21.5 Å². The van der Waals surface area contributed by atoms with Crippen molar-refractivity contribution in [1.29, 1.82) is 0 Å². The van der Waals surface area contributed by atoms with E-state index in [0.717, 1.165) is 21.0 Å². The van der Waals surface area contributed by atoms with Gasteiger partial charge < -0.3 is 5.73 Å². The van der Waals surface area contributed by atoms with Gasteiger partial charge in [0.1, 0.15) is 10.6 Å². The summed E-state index contributed by atoms with van der Waals surface area (Å²) in [5.41, 5.74) is 6.64. The van der Waals surface area contributed by atoms with Crippen LogP contribution in [0.5, 0.6) is 0 Å². The molecule has 2 aromatic heterocycles. The number of nitrogen functional groups attached to an aromatic ring is 1. The zero-order chi connectivity index (χ0) is 16.5. The third-order valence-electron chi connectivity index (χ3n) is 3.74. The number of benzene rings is 2. The lowest BCUT2D eigenvalue weighted by molar-refractivity contribution is 0.102. The van der Waals surface area contributed by atoms with Crippen LogP contribution in [0.2, 0.25) is 0 Å². The van der Waals surface area contributed by atoms with Gasteiger partial charge in [0.2, 0.25) is 0 Å². The Bertz CT molecular complexity index is 1060. The van der Waals surface area contributed by atoms with Crippen molar-refractivity contribution in [3.63, 3.8) is 0 Å². The van der Waals surface area contributed by atoms with Crippen LogP contribution in [0.1, 0.15) is 10.4 Å². The van der Waals surface area contributed by atoms with Crippen molar-refractivity contribution < 1.29 is 4.79 Å². The maximum atomic E-state index is 12.5. The van der Waals surface area contributed by atoms with Gasteiger partial charge in [-0.05, 0) is 28.3 Å². The van der Waals surface area contributed by atoms with Gasteiger partial charge in [0.15, 0.2) is 10.9 Å². The number of anilines is 1. The van der Waals surface area contributed by atoms with E-state index in [-0.39, 0.29) is 11.5 Å². The fourth-order valence-electron chi connectivity index (χ4n) is 2.50. The lowest BCUT2D eigenvalue weighted by atomic mass is 10.1. The van der Waals surface area contributed by atoms with Gasteiger partial charge >= 0.3 is 0 Å². The highest BCUT2D eigenvalue weighted by Gasteiger charge is 2.11. The summed E-state index contributed by atoms with van der Waals surface area (Å²) in [7, 11) is 0. The van der Waals surface area contributed by atoms with Gasteiger partial charge in [-0.15, -0.1) is 11.3 Å². The van der Waals surface area contributed by atoms with Crippen molar-refractivity contribution >= 4 is 55.7 Å². The molecule has 0 radical (unpaired) electrons. The van der Waals surface area contributed by atoms with E-state index >= 15 is 0 Å². The van der Waals surface area contributed by atoms with Crippen molar-refractivity contribution in [3.05, 3.63) is 59.5 Å². The first-order chi connectivity index (χ1) is 11.7. The molecule has 2 N–H and O–H groups in total. The molecule has 4 nitrogen and oxygen atoms in total. The quantitative estimate of drug-likeness (QED) is 0.335. The summed E-state index contributed by atoms with van der Waals surface area (Å²) >= 11 is 2.83. The number of nitrogens with two attached hydrogens (primary N) is 1. The Morgan fingerprint density at radius 2 is 1.92 bits per heavy atom. The van der Waals surface area contributed by atoms with E-state index in [0.29, 0.717) is 16.5 Å². The van der Waals surface area contributed by atoms with E-state index < -0.39 is 0 Å². The molecule has 4 rings (SSSR count). The number of thiophene rings is 1. The number of aromatic nitrogens is 2. The van der Waals surface area contributed by atoms with Gasteiger partial charge in [0, 0.05) is 5.56 Å². The molecule has 118 valence electrons. The predicted molar refractivity (Wildman–Crippen MR) is 101 cm³/mol. The predicted octanol–water partition coefficient (Wildman–Crippen LogP) is 4.40. The summed E-state index contributed by atoms with van der Waals surface area (Å²) in [6.07, 6.45) is 0. The van der Waals surface area contributed by atoms with Crippen LogP contribution < -0.4 is 5.73 Å². The molecule has 0 bridgehead atoms. The van der Waals surface area contributed by atoms with Crippen molar-refractivity contribution in [2.45, 2.75) is 5.16 Å². The lowest BCUT2D eigenvalue weighted by Crippen LogP contribution is -2.03. The average Bonchev–Trinajstić information content (AvgIpc) is 3.08. The standard InChI is InChI=1S/C18H13N3OS2/c19-16-14-7-8-23-17(14)21-18(20-16)24-10-15(22)13-6-5-11-3-1-2-4-12(11)9-13/h1-9H,10H2,(H2,19,20,21). The first kappa shape index (κ1) is 15.1. The molecule has 6 heteroatoms. The van der Waals surface area contributed by atoms with Gasteiger partial charge in [-0.3, -0.25) is 4.79 Å². The minimum atomic E-state index is 0.0548. The van der Waals surface area contributed by atoms with Crippen LogP contribution in [0.25, 0.3) is 21.0 Å². The second-order valence-corrected chi connectivity index (χ2v) is 7.14. The molecule has 0 atom stereocenters. The second-order valence-electron chi connectivity index (χ2n) is 5.30. The number of hydrogen-bond donors (Lipinski definition) is 1. The Kier molecular flexibility index (Phi) is 3.92. The Hall–Kier alpha value is -2.44. The summed E-state index contributed by atoms with van der Waals surface area (Å²) in [5.74, 6) is 0.801. The van der Waals surface area contributed by atoms with Crippen molar-refractivity contribution in [2.24, 2.45) is 0 Å². The topological polar surface area (TPSA) is 68.9 Å². The van der Waals surface area contributed by atoms with Crippen LogP contribution >= 0.6 is 23.1 Å². The molecule has 2 aromatic carbocycles. The Morgan fingerprint density at radius 3 is 2.79 bits per heavy atom. The number of hydrogen-bond acceptors (Lipinski definition) is 6. The van der Waals surface area contributed by atoms with E-state index in [1.54, 1.807) is 0 Å². The maximum Gasteiger partial charge on any atom is 0.191 e. The highest BCUT2D eigenvalue weighted by Crippen LogP contribution is 2.26. The van der Waals surface area contributed by atoms with E-state index in [9.17, 15) is 4.79 Å². The molecule has 4 aromatic rings. The molecule has 0 unspecified atom stereocenters.